The highest BCUT2D eigenvalue weighted by Gasteiger charge is 2.17. The summed E-state index contributed by atoms with van der Waals surface area (Å²) in [5.74, 6) is -0.542. The number of carboxylic acids is 1. The Kier molecular flexibility index (Phi) is 3.72. The predicted octanol–water partition coefficient (Wildman–Crippen LogP) is 0.827. The minimum atomic E-state index is -3.71. The highest BCUT2D eigenvalue weighted by molar-refractivity contribution is 7.89. The van der Waals surface area contributed by atoms with E-state index < -0.39 is 16.0 Å². The Morgan fingerprint density at radius 2 is 2.26 bits per heavy atom. The fourth-order valence-electron chi connectivity index (χ4n) is 1.50. The van der Waals surface area contributed by atoms with Gasteiger partial charge in [-0.15, -0.1) is 0 Å². The molecule has 0 bridgehead atoms. The minimum absolute atomic E-state index is 0.107. The van der Waals surface area contributed by atoms with Gasteiger partial charge in [-0.1, -0.05) is 0 Å². The van der Waals surface area contributed by atoms with E-state index in [1.54, 1.807) is 12.1 Å². The second-order valence-electron chi connectivity index (χ2n) is 3.78. The first-order valence-electron chi connectivity index (χ1n) is 5.43. The summed E-state index contributed by atoms with van der Waals surface area (Å²) in [5, 5.41) is 8.71. The van der Waals surface area contributed by atoms with Gasteiger partial charge in [-0.25, -0.2) is 17.9 Å². The van der Waals surface area contributed by atoms with Crippen LogP contribution in [-0.2, 0) is 16.4 Å². The Morgan fingerprint density at radius 3 is 2.84 bits per heavy atom. The van der Waals surface area contributed by atoms with Gasteiger partial charge in [-0.05, 0) is 18.2 Å². The maximum absolute atomic E-state index is 11.8. The van der Waals surface area contributed by atoms with Gasteiger partial charge in [0.25, 0.3) is 0 Å². The lowest BCUT2D eigenvalue weighted by atomic mass is 10.3. The number of carboxylic acid groups (broad SMARTS) is 1. The number of hydrogen-bond acceptors (Lipinski definition) is 4. The normalized spacial score (nSPS) is 11.6. The molecule has 0 fully saturated rings. The standard InChI is InChI=1S/C11H12N2O5S/c14-11(15)10-6-9(7-12-10)19(16,17)13-4-3-8-2-1-5-18-8/h1-2,5-7,12-13H,3-4H2,(H,14,15). The molecule has 3 N–H and O–H groups in total. The van der Waals surface area contributed by atoms with E-state index in [1.165, 1.54) is 6.26 Å². The molecule has 0 radical (unpaired) electrons. The number of carbonyl (C=O) groups is 1. The third kappa shape index (κ3) is 3.24. The molecule has 0 unspecified atom stereocenters. The molecule has 0 aliphatic carbocycles. The van der Waals surface area contributed by atoms with Crippen LogP contribution in [0, 0.1) is 0 Å². The third-order valence-corrected chi connectivity index (χ3v) is 3.88. The van der Waals surface area contributed by atoms with Crippen molar-refractivity contribution in [3.63, 3.8) is 0 Å². The maximum atomic E-state index is 11.8. The molecule has 0 aromatic carbocycles. The van der Waals surface area contributed by atoms with Gasteiger partial charge in [0.15, 0.2) is 0 Å². The summed E-state index contributed by atoms with van der Waals surface area (Å²) in [4.78, 5) is 12.9. The smallest absolute Gasteiger partial charge is 0.352 e. The molecule has 2 aromatic rings. The van der Waals surface area contributed by atoms with E-state index in [2.05, 4.69) is 9.71 Å². The second kappa shape index (κ2) is 5.29. The quantitative estimate of drug-likeness (QED) is 0.727. The van der Waals surface area contributed by atoms with Gasteiger partial charge >= 0.3 is 5.97 Å². The molecule has 0 spiro atoms. The van der Waals surface area contributed by atoms with Crippen molar-refractivity contribution < 1.29 is 22.7 Å². The van der Waals surface area contributed by atoms with Crippen molar-refractivity contribution in [1.82, 2.24) is 9.71 Å². The molecule has 8 heteroatoms. The lowest BCUT2D eigenvalue weighted by molar-refractivity contribution is 0.0691. The van der Waals surface area contributed by atoms with Crippen LogP contribution in [0.15, 0.2) is 40.0 Å². The van der Waals surface area contributed by atoms with Gasteiger partial charge in [0.05, 0.1) is 6.26 Å². The van der Waals surface area contributed by atoms with Crippen LogP contribution in [0.1, 0.15) is 16.2 Å². The zero-order valence-electron chi connectivity index (χ0n) is 9.79. The van der Waals surface area contributed by atoms with E-state index in [0.29, 0.717) is 12.2 Å². The summed E-state index contributed by atoms with van der Waals surface area (Å²) < 4.78 is 31.1. The molecule has 0 aliphatic heterocycles. The highest BCUT2D eigenvalue weighted by atomic mass is 32.2. The summed E-state index contributed by atoms with van der Waals surface area (Å²) in [5.41, 5.74) is -0.175. The van der Waals surface area contributed by atoms with Crippen molar-refractivity contribution in [2.45, 2.75) is 11.3 Å². The number of nitrogens with one attached hydrogen (secondary N) is 2. The van der Waals surface area contributed by atoms with Crippen molar-refractivity contribution in [2.75, 3.05) is 6.54 Å². The molecule has 2 heterocycles. The molecular weight excluding hydrogens is 272 g/mol. The van der Waals surface area contributed by atoms with E-state index in [-0.39, 0.29) is 17.1 Å². The Morgan fingerprint density at radius 1 is 1.47 bits per heavy atom. The molecule has 102 valence electrons. The van der Waals surface area contributed by atoms with E-state index >= 15 is 0 Å². The van der Waals surface area contributed by atoms with Crippen molar-refractivity contribution >= 4 is 16.0 Å². The first-order valence-corrected chi connectivity index (χ1v) is 6.91. The predicted molar refractivity (Wildman–Crippen MR) is 65.4 cm³/mol. The summed E-state index contributed by atoms with van der Waals surface area (Å²) in [6, 6.07) is 4.53. The molecule has 7 nitrogen and oxygen atoms in total. The number of sulfonamides is 1. The fraction of sp³-hybridized carbons (Fsp3) is 0.182. The van der Waals surface area contributed by atoms with Crippen LogP contribution in [0.2, 0.25) is 0 Å². The number of furan rings is 1. The van der Waals surface area contributed by atoms with Crippen molar-refractivity contribution in [3.05, 3.63) is 42.1 Å². The van der Waals surface area contributed by atoms with E-state index in [0.717, 1.165) is 12.3 Å². The molecule has 0 saturated heterocycles. The monoisotopic (exact) mass is 284 g/mol. The molecule has 0 amide bonds. The highest BCUT2D eigenvalue weighted by Crippen LogP contribution is 2.10. The number of aromatic carboxylic acids is 1. The molecule has 0 atom stereocenters. The molecule has 19 heavy (non-hydrogen) atoms. The van der Waals surface area contributed by atoms with E-state index in [1.807, 2.05) is 0 Å². The topological polar surface area (TPSA) is 112 Å². The van der Waals surface area contributed by atoms with Crippen LogP contribution in [-0.4, -0.2) is 31.0 Å². The molecular formula is C11H12N2O5S. The Hall–Kier alpha value is -2.06. The zero-order chi connectivity index (χ0) is 13.9. The van der Waals surface area contributed by atoms with Crippen LogP contribution in [0.25, 0.3) is 0 Å². The summed E-state index contributed by atoms with van der Waals surface area (Å²) >= 11 is 0. The Balaban J connectivity index is 1.99. The fourth-order valence-corrected chi connectivity index (χ4v) is 2.52. The van der Waals surface area contributed by atoms with Gasteiger partial charge in [0, 0.05) is 19.2 Å². The van der Waals surface area contributed by atoms with Gasteiger partial charge in [-0.3, -0.25) is 0 Å². The van der Waals surface area contributed by atoms with Crippen LogP contribution in [0.3, 0.4) is 0 Å². The lowest BCUT2D eigenvalue weighted by Crippen LogP contribution is -2.25. The molecule has 2 aromatic heterocycles. The van der Waals surface area contributed by atoms with Gasteiger partial charge < -0.3 is 14.5 Å². The van der Waals surface area contributed by atoms with Gasteiger partial charge in [-0.2, -0.15) is 0 Å². The van der Waals surface area contributed by atoms with Gasteiger partial charge in [0.1, 0.15) is 16.3 Å². The van der Waals surface area contributed by atoms with Crippen LogP contribution >= 0.6 is 0 Å². The Labute approximate surface area is 109 Å². The van der Waals surface area contributed by atoms with Crippen molar-refractivity contribution in [3.8, 4) is 0 Å². The Bertz CT molecular complexity index is 657. The lowest BCUT2D eigenvalue weighted by Gasteiger charge is -2.03. The number of aromatic amines is 1. The van der Waals surface area contributed by atoms with E-state index in [9.17, 15) is 13.2 Å². The summed E-state index contributed by atoms with van der Waals surface area (Å²) in [7, 11) is -3.71. The SMILES string of the molecule is O=C(O)c1cc(S(=O)(=O)NCCc2ccco2)c[nH]1. The summed E-state index contributed by atoms with van der Waals surface area (Å²) in [6.45, 7) is 0.170. The number of aromatic nitrogens is 1. The maximum Gasteiger partial charge on any atom is 0.352 e. The first kappa shape index (κ1) is 13.4. The van der Waals surface area contributed by atoms with Crippen LogP contribution in [0.5, 0.6) is 0 Å². The number of rotatable bonds is 6. The largest absolute Gasteiger partial charge is 0.477 e. The molecule has 0 saturated carbocycles. The minimum Gasteiger partial charge on any atom is -0.477 e. The molecule has 0 aliphatic rings. The number of hydrogen-bond donors (Lipinski definition) is 3. The number of H-pyrrole nitrogens is 1. The second-order valence-corrected chi connectivity index (χ2v) is 5.55. The van der Waals surface area contributed by atoms with Crippen molar-refractivity contribution in [1.29, 1.82) is 0 Å². The van der Waals surface area contributed by atoms with Crippen LogP contribution < -0.4 is 4.72 Å². The first-order chi connectivity index (χ1) is 8.99. The van der Waals surface area contributed by atoms with Crippen molar-refractivity contribution in [2.24, 2.45) is 0 Å². The van der Waals surface area contributed by atoms with Crippen LogP contribution in [0.4, 0.5) is 0 Å². The van der Waals surface area contributed by atoms with E-state index in [4.69, 9.17) is 9.52 Å². The van der Waals surface area contributed by atoms with Gasteiger partial charge in [0.2, 0.25) is 10.0 Å². The molecule has 2 rings (SSSR count). The third-order valence-electron chi connectivity index (χ3n) is 2.44. The summed E-state index contributed by atoms with van der Waals surface area (Å²) in [6.07, 6.45) is 3.07. The zero-order valence-corrected chi connectivity index (χ0v) is 10.6. The average molecular weight is 284 g/mol. The average Bonchev–Trinajstić information content (AvgIpc) is 2.99.